The maximum atomic E-state index is 6.28. The van der Waals surface area contributed by atoms with Crippen LogP contribution in [0.1, 0.15) is 0 Å². The highest BCUT2D eigenvalue weighted by Gasteiger charge is 2.21. The minimum atomic E-state index is 0.911. The predicted molar refractivity (Wildman–Crippen MR) is 188 cm³/mol. The van der Waals surface area contributed by atoms with Gasteiger partial charge < -0.3 is 13.6 Å². The van der Waals surface area contributed by atoms with Gasteiger partial charge in [-0.15, -0.1) is 0 Å². The van der Waals surface area contributed by atoms with Crippen molar-refractivity contribution < 1.29 is 4.42 Å². The molecule has 0 aliphatic heterocycles. The Balaban J connectivity index is 1.32. The molecule has 0 unspecified atom stereocenters. The number of furan rings is 1. The molecule has 3 nitrogen and oxygen atoms in total. The predicted octanol–water partition coefficient (Wildman–Crippen LogP) is 11.4. The van der Waals surface area contributed by atoms with Crippen LogP contribution in [-0.4, -0.2) is 9.13 Å². The first-order chi connectivity index (χ1) is 22.3. The zero-order valence-electron chi connectivity index (χ0n) is 24.3. The van der Waals surface area contributed by atoms with Gasteiger partial charge in [-0.1, -0.05) is 84.9 Å². The van der Waals surface area contributed by atoms with Crippen LogP contribution in [0.5, 0.6) is 0 Å². The van der Waals surface area contributed by atoms with E-state index in [-0.39, 0.29) is 0 Å². The van der Waals surface area contributed by atoms with Crippen molar-refractivity contribution in [3.05, 3.63) is 158 Å². The Hall–Kier alpha value is -6.06. The average molecular weight is 575 g/mol. The number of para-hydroxylation sites is 4. The third kappa shape index (κ3) is 3.46. The molecule has 3 aromatic heterocycles. The zero-order valence-corrected chi connectivity index (χ0v) is 24.3. The average Bonchev–Trinajstić information content (AvgIpc) is 3.75. The molecule has 10 aromatic rings. The van der Waals surface area contributed by atoms with Crippen LogP contribution in [0.3, 0.4) is 0 Å². The molecule has 7 aromatic carbocycles. The molecule has 0 aliphatic rings. The SMILES string of the molecule is c1ccc(-n2c3ccccc3c3c4c5cc(-c6ccc7c(c6)oc6ccccc67)ccc5n(-c5ccccc5)c4ccc32)cc1. The van der Waals surface area contributed by atoms with Gasteiger partial charge in [0, 0.05) is 43.7 Å². The van der Waals surface area contributed by atoms with Crippen LogP contribution in [0.2, 0.25) is 0 Å². The van der Waals surface area contributed by atoms with Crippen LogP contribution >= 0.6 is 0 Å². The second-order valence-corrected chi connectivity index (χ2v) is 11.8. The highest BCUT2D eigenvalue weighted by Crippen LogP contribution is 2.43. The largest absolute Gasteiger partial charge is 0.456 e. The first kappa shape index (κ1) is 24.4. The summed E-state index contributed by atoms with van der Waals surface area (Å²) in [5, 5.41) is 7.32. The van der Waals surface area contributed by atoms with E-state index in [9.17, 15) is 0 Å². The van der Waals surface area contributed by atoms with E-state index >= 15 is 0 Å². The van der Waals surface area contributed by atoms with Gasteiger partial charge in [0.2, 0.25) is 0 Å². The molecule has 0 saturated carbocycles. The van der Waals surface area contributed by atoms with E-state index < -0.39 is 0 Å². The van der Waals surface area contributed by atoms with E-state index in [1.807, 2.05) is 12.1 Å². The molecule has 10 rings (SSSR count). The molecule has 0 atom stereocenters. The van der Waals surface area contributed by atoms with Crippen molar-refractivity contribution in [3.63, 3.8) is 0 Å². The van der Waals surface area contributed by atoms with E-state index in [0.29, 0.717) is 0 Å². The summed E-state index contributed by atoms with van der Waals surface area (Å²) in [5.41, 5.74) is 11.3. The maximum Gasteiger partial charge on any atom is 0.136 e. The van der Waals surface area contributed by atoms with Crippen molar-refractivity contribution >= 4 is 65.6 Å². The van der Waals surface area contributed by atoms with Crippen molar-refractivity contribution in [2.75, 3.05) is 0 Å². The van der Waals surface area contributed by atoms with Gasteiger partial charge in [-0.25, -0.2) is 0 Å². The van der Waals surface area contributed by atoms with Gasteiger partial charge in [-0.2, -0.15) is 0 Å². The van der Waals surface area contributed by atoms with Crippen LogP contribution in [0.4, 0.5) is 0 Å². The highest BCUT2D eigenvalue weighted by molar-refractivity contribution is 6.29. The number of hydrogen-bond acceptors (Lipinski definition) is 1. The summed E-state index contributed by atoms with van der Waals surface area (Å²) in [4.78, 5) is 0. The van der Waals surface area contributed by atoms with E-state index in [0.717, 1.165) is 38.9 Å². The molecular weight excluding hydrogens is 548 g/mol. The van der Waals surface area contributed by atoms with Gasteiger partial charge in [0.05, 0.1) is 22.1 Å². The topological polar surface area (TPSA) is 23.0 Å². The van der Waals surface area contributed by atoms with Crippen LogP contribution in [-0.2, 0) is 0 Å². The lowest BCUT2D eigenvalue weighted by Crippen LogP contribution is -1.94. The summed E-state index contributed by atoms with van der Waals surface area (Å²) >= 11 is 0. The van der Waals surface area contributed by atoms with Crippen molar-refractivity contribution in [1.82, 2.24) is 9.13 Å². The van der Waals surface area contributed by atoms with Crippen LogP contribution < -0.4 is 0 Å². The van der Waals surface area contributed by atoms with Crippen molar-refractivity contribution in [2.24, 2.45) is 0 Å². The molecule has 0 bridgehead atoms. The Labute approximate surface area is 258 Å². The normalized spacial score (nSPS) is 12.0. The Morgan fingerprint density at radius 2 is 0.844 bits per heavy atom. The Bertz CT molecular complexity index is 2740. The number of nitrogens with zero attached hydrogens (tertiary/aromatic N) is 2. The molecule has 0 spiro atoms. The van der Waals surface area contributed by atoms with Crippen LogP contribution in [0.25, 0.3) is 88.1 Å². The molecule has 0 saturated heterocycles. The summed E-state index contributed by atoms with van der Waals surface area (Å²) in [6.45, 7) is 0. The lowest BCUT2D eigenvalue weighted by molar-refractivity contribution is 0.669. The molecule has 3 heteroatoms. The monoisotopic (exact) mass is 574 g/mol. The van der Waals surface area contributed by atoms with Gasteiger partial charge in [0.1, 0.15) is 11.2 Å². The minimum absolute atomic E-state index is 0.911. The quantitative estimate of drug-likeness (QED) is 0.206. The maximum absolute atomic E-state index is 6.28. The Morgan fingerprint density at radius 3 is 1.58 bits per heavy atom. The van der Waals surface area contributed by atoms with Gasteiger partial charge >= 0.3 is 0 Å². The van der Waals surface area contributed by atoms with Crippen LogP contribution in [0.15, 0.2) is 162 Å². The summed E-state index contributed by atoms with van der Waals surface area (Å²) in [5.74, 6) is 0. The van der Waals surface area contributed by atoms with E-state index in [1.54, 1.807) is 0 Å². The number of benzene rings is 7. The Morgan fingerprint density at radius 1 is 0.333 bits per heavy atom. The second-order valence-electron chi connectivity index (χ2n) is 11.8. The first-order valence-corrected chi connectivity index (χ1v) is 15.4. The second kappa shape index (κ2) is 9.22. The molecule has 0 fully saturated rings. The lowest BCUT2D eigenvalue weighted by Gasteiger charge is -2.09. The third-order valence-electron chi connectivity index (χ3n) is 9.31. The van der Waals surface area contributed by atoms with Crippen LogP contribution in [0, 0.1) is 0 Å². The number of hydrogen-bond donors (Lipinski definition) is 0. The van der Waals surface area contributed by atoms with Gasteiger partial charge in [0.15, 0.2) is 0 Å². The van der Waals surface area contributed by atoms with Gasteiger partial charge in [-0.05, 0) is 83.9 Å². The Kier molecular flexibility index (Phi) is 5.00. The zero-order chi connectivity index (χ0) is 29.5. The third-order valence-corrected chi connectivity index (χ3v) is 9.31. The van der Waals surface area contributed by atoms with E-state index in [2.05, 4.69) is 155 Å². The van der Waals surface area contributed by atoms with Crippen molar-refractivity contribution in [3.8, 4) is 22.5 Å². The first-order valence-electron chi connectivity index (χ1n) is 15.4. The number of aromatic nitrogens is 2. The van der Waals surface area contributed by atoms with Gasteiger partial charge in [0.25, 0.3) is 0 Å². The standard InChI is InChI=1S/C42H26N2O/c1-3-11-29(12-4-1)43-35-17-9-7-16-33(35)41-37(43)23-24-38-42(41)34-25-27(20-22-36(34)44(38)30-13-5-2-6-14-30)28-19-21-32-31-15-8-10-18-39(31)45-40(32)26-28/h1-26H. The fraction of sp³-hybridized carbons (Fsp3) is 0. The molecule has 3 heterocycles. The lowest BCUT2D eigenvalue weighted by atomic mass is 10.00. The molecule has 210 valence electrons. The van der Waals surface area contributed by atoms with E-state index in [4.69, 9.17) is 4.42 Å². The molecule has 45 heavy (non-hydrogen) atoms. The molecule has 0 radical (unpaired) electrons. The van der Waals surface area contributed by atoms with Crippen molar-refractivity contribution in [1.29, 1.82) is 0 Å². The fourth-order valence-electron chi connectivity index (χ4n) is 7.36. The fourth-order valence-corrected chi connectivity index (χ4v) is 7.36. The highest BCUT2D eigenvalue weighted by atomic mass is 16.3. The molecule has 0 amide bonds. The molecule has 0 aliphatic carbocycles. The minimum Gasteiger partial charge on any atom is -0.456 e. The molecular formula is C42H26N2O. The van der Waals surface area contributed by atoms with Gasteiger partial charge in [-0.3, -0.25) is 0 Å². The molecule has 0 N–H and O–H groups in total. The summed E-state index contributed by atoms with van der Waals surface area (Å²) in [7, 11) is 0. The summed E-state index contributed by atoms with van der Waals surface area (Å²) < 4.78 is 11.1. The summed E-state index contributed by atoms with van der Waals surface area (Å²) in [6.07, 6.45) is 0. The number of fused-ring (bicyclic) bond motifs is 10. The smallest absolute Gasteiger partial charge is 0.136 e. The summed E-state index contributed by atoms with van der Waals surface area (Å²) in [6, 6.07) is 56.5. The van der Waals surface area contributed by atoms with Crippen molar-refractivity contribution in [2.45, 2.75) is 0 Å². The van der Waals surface area contributed by atoms with E-state index in [1.165, 1.54) is 49.2 Å². The number of rotatable bonds is 3.